The van der Waals surface area contributed by atoms with Crippen LogP contribution in [0.5, 0.6) is 0 Å². The number of hydrogen-bond donors (Lipinski definition) is 0. The Labute approximate surface area is 194 Å². The van der Waals surface area contributed by atoms with Gasteiger partial charge in [0.05, 0.1) is 16.7 Å². The van der Waals surface area contributed by atoms with E-state index in [1.54, 1.807) is 30.0 Å². The number of unbranched alkanes of at least 4 members (excludes halogenated alkanes) is 2. The van der Waals surface area contributed by atoms with E-state index in [1.165, 1.54) is 18.4 Å². The van der Waals surface area contributed by atoms with Gasteiger partial charge in [-0.05, 0) is 49.9 Å². The van der Waals surface area contributed by atoms with Gasteiger partial charge in [0.2, 0.25) is 10.0 Å². The minimum absolute atomic E-state index is 0.210. The van der Waals surface area contributed by atoms with Crippen molar-refractivity contribution < 1.29 is 8.42 Å². The summed E-state index contributed by atoms with van der Waals surface area (Å²) in [5, 5.41) is 18.4. The van der Waals surface area contributed by atoms with E-state index in [9.17, 15) is 8.42 Å². The Morgan fingerprint density at radius 1 is 1.06 bits per heavy atom. The molecule has 0 bridgehead atoms. The quantitative estimate of drug-likeness (QED) is 0.336. The monoisotopic (exact) mass is 469 g/mol. The van der Waals surface area contributed by atoms with E-state index >= 15 is 0 Å². The zero-order chi connectivity index (χ0) is 23.3. The van der Waals surface area contributed by atoms with E-state index in [0.29, 0.717) is 17.8 Å². The zero-order valence-corrected chi connectivity index (χ0v) is 20.4. The van der Waals surface area contributed by atoms with E-state index in [-0.39, 0.29) is 4.90 Å². The zero-order valence-electron chi connectivity index (χ0n) is 18.7. The molecule has 0 saturated heterocycles. The summed E-state index contributed by atoms with van der Waals surface area (Å²) in [6, 6.07) is 15.1. The Hall–Kier alpha value is -2.67. The van der Waals surface area contributed by atoms with Crippen molar-refractivity contribution in [3.8, 4) is 23.1 Å². The predicted octanol–water partition coefficient (Wildman–Crippen LogP) is 4.59. The Morgan fingerprint density at radius 3 is 2.41 bits per heavy atom. The number of hydrogen-bond acceptors (Lipinski definition) is 6. The number of thioether (sulfide) groups is 1. The first-order valence-electron chi connectivity index (χ1n) is 10.3. The van der Waals surface area contributed by atoms with Crippen LogP contribution in [-0.4, -0.2) is 47.3 Å². The maximum Gasteiger partial charge on any atom is 0.242 e. The summed E-state index contributed by atoms with van der Waals surface area (Å²) in [6.45, 7) is 4.08. The third-order valence-electron chi connectivity index (χ3n) is 5.08. The molecule has 0 atom stereocenters. The van der Waals surface area contributed by atoms with Crippen molar-refractivity contribution in [2.45, 2.75) is 43.2 Å². The Kier molecular flexibility index (Phi) is 7.72. The van der Waals surface area contributed by atoms with Crippen LogP contribution < -0.4 is 0 Å². The van der Waals surface area contributed by atoms with Gasteiger partial charge in [0, 0.05) is 31.8 Å². The Bertz CT molecular complexity index is 1220. The molecule has 2 aromatic carbocycles. The highest BCUT2D eigenvalue weighted by molar-refractivity contribution is 7.99. The summed E-state index contributed by atoms with van der Waals surface area (Å²) in [5.41, 5.74) is 3.83. The molecule has 3 rings (SSSR count). The average Bonchev–Trinajstić information content (AvgIpc) is 3.17. The van der Waals surface area contributed by atoms with E-state index in [1.807, 2.05) is 42.7 Å². The minimum atomic E-state index is -3.57. The normalized spacial score (nSPS) is 11.6. The number of nitrogens with zero attached hydrogens (tertiary/aromatic N) is 5. The van der Waals surface area contributed by atoms with Crippen LogP contribution >= 0.6 is 11.8 Å². The first kappa shape index (κ1) is 24.0. The van der Waals surface area contributed by atoms with Crippen molar-refractivity contribution in [3.63, 3.8) is 0 Å². The molecular formula is C23H27N5O2S2. The first-order chi connectivity index (χ1) is 15.3. The van der Waals surface area contributed by atoms with Crippen LogP contribution in [0.4, 0.5) is 0 Å². The molecule has 9 heteroatoms. The summed E-state index contributed by atoms with van der Waals surface area (Å²) >= 11 is 1.59. The van der Waals surface area contributed by atoms with Gasteiger partial charge in [-0.15, -0.1) is 10.2 Å². The third-order valence-corrected chi connectivity index (χ3v) is 7.91. The molecule has 0 aliphatic heterocycles. The molecule has 0 N–H and O–H groups in total. The molecule has 1 aromatic heterocycles. The van der Waals surface area contributed by atoms with Crippen LogP contribution in [0, 0.1) is 25.2 Å². The third kappa shape index (κ3) is 5.04. The molecule has 1 heterocycles. The van der Waals surface area contributed by atoms with Crippen LogP contribution in [-0.2, 0) is 10.0 Å². The maximum absolute atomic E-state index is 12.7. The summed E-state index contributed by atoms with van der Waals surface area (Å²) in [4.78, 5) is 0.210. The molecule has 7 nitrogen and oxygen atoms in total. The number of aromatic nitrogens is 3. The molecule has 0 unspecified atom stereocenters. The highest BCUT2D eigenvalue weighted by Gasteiger charge is 2.22. The van der Waals surface area contributed by atoms with Crippen LogP contribution in [0.2, 0.25) is 0 Å². The van der Waals surface area contributed by atoms with Crippen molar-refractivity contribution >= 4 is 21.8 Å². The minimum Gasteiger partial charge on any atom is -0.269 e. The SMILES string of the molecule is Cc1cccc(C)c1-n1c(SCCCCC#N)nnc1-c1cccc(S(=O)(=O)N(C)C)c1. The van der Waals surface area contributed by atoms with Crippen molar-refractivity contribution in [1.29, 1.82) is 5.26 Å². The molecular weight excluding hydrogens is 442 g/mol. The Balaban J connectivity index is 2.11. The van der Waals surface area contributed by atoms with E-state index in [0.717, 1.165) is 40.6 Å². The second-order valence-electron chi connectivity index (χ2n) is 7.66. The highest BCUT2D eigenvalue weighted by Crippen LogP contribution is 2.32. The van der Waals surface area contributed by atoms with Crippen molar-refractivity contribution in [2.75, 3.05) is 19.8 Å². The molecule has 0 aliphatic rings. The smallest absolute Gasteiger partial charge is 0.242 e. The number of benzene rings is 2. The molecule has 0 radical (unpaired) electrons. The largest absolute Gasteiger partial charge is 0.269 e. The van der Waals surface area contributed by atoms with E-state index in [2.05, 4.69) is 16.3 Å². The second kappa shape index (κ2) is 10.3. The topological polar surface area (TPSA) is 91.9 Å². The van der Waals surface area contributed by atoms with Gasteiger partial charge in [0.1, 0.15) is 0 Å². The summed E-state index contributed by atoms with van der Waals surface area (Å²) in [6.07, 6.45) is 2.30. The lowest BCUT2D eigenvalue weighted by atomic mass is 10.1. The summed E-state index contributed by atoms with van der Waals surface area (Å²) < 4.78 is 28.5. The number of aryl methyl sites for hydroxylation is 2. The standard InChI is InChI=1S/C23H27N5O2S2/c1-17-10-8-11-18(2)21(17)28-22(25-26-23(28)31-15-7-5-6-14-24)19-12-9-13-20(16-19)32(29,30)27(3)4/h8-13,16H,5-7,15H2,1-4H3. The van der Waals surface area contributed by atoms with Crippen LogP contribution in [0.1, 0.15) is 30.4 Å². The van der Waals surface area contributed by atoms with Gasteiger partial charge < -0.3 is 0 Å². The molecule has 0 amide bonds. The number of sulfonamides is 1. The molecule has 0 spiro atoms. The predicted molar refractivity (Wildman–Crippen MR) is 127 cm³/mol. The lowest BCUT2D eigenvalue weighted by molar-refractivity contribution is 0.521. The van der Waals surface area contributed by atoms with Crippen molar-refractivity contribution in [1.82, 2.24) is 19.1 Å². The molecule has 0 aliphatic carbocycles. The van der Waals surface area contributed by atoms with Gasteiger partial charge in [0.25, 0.3) is 0 Å². The highest BCUT2D eigenvalue weighted by atomic mass is 32.2. The van der Waals surface area contributed by atoms with Gasteiger partial charge >= 0.3 is 0 Å². The number of para-hydroxylation sites is 1. The molecule has 168 valence electrons. The fraction of sp³-hybridized carbons (Fsp3) is 0.348. The molecule has 0 fully saturated rings. The van der Waals surface area contributed by atoms with Gasteiger partial charge in [-0.2, -0.15) is 5.26 Å². The van der Waals surface area contributed by atoms with Gasteiger partial charge in [0.15, 0.2) is 11.0 Å². The second-order valence-corrected chi connectivity index (χ2v) is 10.9. The molecule has 0 saturated carbocycles. The lowest BCUT2D eigenvalue weighted by Crippen LogP contribution is -2.22. The van der Waals surface area contributed by atoms with Crippen LogP contribution in [0.25, 0.3) is 17.1 Å². The molecule has 3 aromatic rings. The van der Waals surface area contributed by atoms with E-state index < -0.39 is 10.0 Å². The first-order valence-corrected chi connectivity index (χ1v) is 12.7. The van der Waals surface area contributed by atoms with Gasteiger partial charge in [-0.3, -0.25) is 4.57 Å². The van der Waals surface area contributed by atoms with Gasteiger partial charge in [-0.25, -0.2) is 12.7 Å². The van der Waals surface area contributed by atoms with E-state index in [4.69, 9.17) is 5.26 Å². The number of rotatable bonds is 9. The average molecular weight is 470 g/mol. The number of nitriles is 1. The maximum atomic E-state index is 12.7. The summed E-state index contributed by atoms with van der Waals surface area (Å²) in [7, 11) is -0.541. The fourth-order valence-electron chi connectivity index (χ4n) is 3.39. The van der Waals surface area contributed by atoms with Gasteiger partial charge in [-0.1, -0.05) is 42.1 Å². The Morgan fingerprint density at radius 2 is 1.75 bits per heavy atom. The lowest BCUT2D eigenvalue weighted by Gasteiger charge is -2.16. The van der Waals surface area contributed by atoms with Crippen molar-refractivity contribution in [2.24, 2.45) is 0 Å². The van der Waals surface area contributed by atoms with Crippen molar-refractivity contribution in [3.05, 3.63) is 53.6 Å². The van der Waals surface area contributed by atoms with Crippen LogP contribution in [0.3, 0.4) is 0 Å². The molecule has 32 heavy (non-hydrogen) atoms. The summed E-state index contributed by atoms with van der Waals surface area (Å²) in [5.74, 6) is 1.41. The van der Waals surface area contributed by atoms with Crippen LogP contribution in [0.15, 0.2) is 52.5 Å². The fourth-order valence-corrected chi connectivity index (χ4v) is 5.27.